The third kappa shape index (κ3) is 2.41. The highest BCUT2D eigenvalue weighted by molar-refractivity contribution is 7.99. The summed E-state index contributed by atoms with van der Waals surface area (Å²) in [5.74, 6) is 4.38. The monoisotopic (exact) mass is 242 g/mol. The Kier molecular flexibility index (Phi) is 4.20. The topological polar surface area (TPSA) is 15.3 Å². The van der Waals surface area contributed by atoms with Crippen molar-refractivity contribution in [2.24, 2.45) is 11.8 Å². The SMILES string of the molecule is CCSCCCN1CC2CNCC2C1(C)C. The van der Waals surface area contributed by atoms with Crippen molar-refractivity contribution >= 4 is 11.8 Å². The lowest BCUT2D eigenvalue weighted by molar-refractivity contribution is 0.140. The van der Waals surface area contributed by atoms with Crippen molar-refractivity contribution in [3.05, 3.63) is 0 Å². The second-order valence-corrected chi connectivity index (χ2v) is 7.07. The van der Waals surface area contributed by atoms with Crippen LogP contribution >= 0.6 is 11.8 Å². The van der Waals surface area contributed by atoms with E-state index in [0.717, 1.165) is 11.8 Å². The van der Waals surface area contributed by atoms with Crippen molar-refractivity contribution in [1.29, 1.82) is 0 Å². The third-order valence-electron chi connectivity index (χ3n) is 4.44. The van der Waals surface area contributed by atoms with Crippen LogP contribution in [0.4, 0.5) is 0 Å². The zero-order valence-electron chi connectivity index (χ0n) is 11.0. The second kappa shape index (κ2) is 5.28. The minimum absolute atomic E-state index is 0.422. The molecule has 2 nitrogen and oxygen atoms in total. The number of hydrogen-bond acceptors (Lipinski definition) is 3. The van der Waals surface area contributed by atoms with E-state index in [-0.39, 0.29) is 0 Å². The Morgan fingerprint density at radius 2 is 2.19 bits per heavy atom. The van der Waals surface area contributed by atoms with Crippen molar-refractivity contribution in [2.45, 2.75) is 32.7 Å². The molecule has 0 spiro atoms. The molecule has 94 valence electrons. The number of rotatable bonds is 5. The van der Waals surface area contributed by atoms with E-state index in [9.17, 15) is 0 Å². The van der Waals surface area contributed by atoms with Crippen LogP contribution in [0.5, 0.6) is 0 Å². The van der Waals surface area contributed by atoms with Gasteiger partial charge in [-0.05, 0) is 56.7 Å². The van der Waals surface area contributed by atoms with Crippen molar-refractivity contribution in [3.63, 3.8) is 0 Å². The highest BCUT2D eigenvalue weighted by Gasteiger charge is 2.48. The van der Waals surface area contributed by atoms with Crippen LogP contribution in [-0.2, 0) is 0 Å². The molecule has 0 aromatic heterocycles. The fourth-order valence-electron chi connectivity index (χ4n) is 3.39. The molecule has 16 heavy (non-hydrogen) atoms. The standard InChI is InChI=1S/C13H26N2S/c1-4-16-7-5-6-15-10-11-8-14-9-12(11)13(15,2)3/h11-12,14H,4-10H2,1-3H3. The smallest absolute Gasteiger partial charge is 0.0197 e. The van der Waals surface area contributed by atoms with Gasteiger partial charge >= 0.3 is 0 Å². The molecule has 2 heterocycles. The zero-order chi connectivity index (χ0) is 11.6. The fourth-order valence-corrected chi connectivity index (χ4v) is 4.01. The van der Waals surface area contributed by atoms with Crippen LogP contribution in [-0.4, -0.2) is 48.1 Å². The number of likely N-dealkylation sites (tertiary alicyclic amines) is 1. The molecule has 0 bridgehead atoms. The van der Waals surface area contributed by atoms with Crippen LogP contribution in [0.3, 0.4) is 0 Å². The first-order valence-electron chi connectivity index (χ1n) is 6.69. The molecule has 0 aromatic carbocycles. The maximum absolute atomic E-state index is 3.55. The molecule has 2 fully saturated rings. The summed E-state index contributed by atoms with van der Waals surface area (Å²) < 4.78 is 0. The minimum atomic E-state index is 0.422. The van der Waals surface area contributed by atoms with E-state index in [1.165, 1.54) is 44.1 Å². The Bertz CT molecular complexity index is 230. The first kappa shape index (κ1) is 12.7. The number of fused-ring (bicyclic) bond motifs is 1. The highest BCUT2D eigenvalue weighted by Crippen LogP contribution is 2.40. The molecular weight excluding hydrogens is 216 g/mol. The van der Waals surface area contributed by atoms with Crippen LogP contribution < -0.4 is 5.32 Å². The van der Waals surface area contributed by atoms with Gasteiger partial charge in [0, 0.05) is 18.6 Å². The summed E-state index contributed by atoms with van der Waals surface area (Å²) >= 11 is 2.07. The molecule has 2 unspecified atom stereocenters. The van der Waals surface area contributed by atoms with Gasteiger partial charge in [-0.25, -0.2) is 0 Å². The number of nitrogens with zero attached hydrogens (tertiary/aromatic N) is 1. The van der Waals surface area contributed by atoms with E-state index in [0.29, 0.717) is 5.54 Å². The van der Waals surface area contributed by atoms with Gasteiger partial charge in [-0.1, -0.05) is 6.92 Å². The molecule has 3 heteroatoms. The first-order chi connectivity index (χ1) is 7.66. The Morgan fingerprint density at radius 1 is 1.38 bits per heavy atom. The molecular formula is C13H26N2S. The summed E-state index contributed by atoms with van der Waals surface area (Å²) in [5.41, 5.74) is 0.422. The Morgan fingerprint density at radius 3 is 2.88 bits per heavy atom. The summed E-state index contributed by atoms with van der Waals surface area (Å²) in [7, 11) is 0. The van der Waals surface area contributed by atoms with Crippen LogP contribution in [0.1, 0.15) is 27.2 Å². The fraction of sp³-hybridized carbons (Fsp3) is 1.00. The Labute approximate surface area is 105 Å². The molecule has 0 saturated carbocycles. The molecule has 2 rings (SSSR count). The van der Waals surface area contributed by atoms with Crippen molar-refractivity contribution in [3.8, 4) is 0 Å². The van der Waals surface area contributed by atoms with Crippen LogP contribution in [0.15, 0.2) is 0 Å². The number of hydrogen-bond donors (Lipinski definition) is 1. The molecule has 2 saturated heterocycles. The Balaban J connectivity index is 1.82. The van der Waals surface area contributed by atoms with Crippen molar-refractivity contribution in [1.82, 2.24) is 10.2 Å². The van der Waals surface area contributed by atoms with Crippen molar-refractivity contribution < 1.29 is 0 Å². The summed E-state index contributed by atoms with van der Waals surface area (Å²) in [6.45, 7) is 12.2. The van der Waals surface area contributed by atoms with Gasteiger partial charge in [-0.3, -0.25) is 4.90 Å². The summed E-state index contributed by atoms with van der Waals surface area (Å²) in [6, 6.07) is 0. The van der Waals surface area contributed by atoms with E-state index in [2.05, 4.69) is 42.7 Å². The largest absolute Gasteiger partial charge is 0.316 e. The van der Waals surface area contributed by atoms with Gasteiger partial charge in [0.15, 0.2) is 0 Å². The van der Waals surface area contributed by atoms with Gasteiger partial charge in [0.25, 0.3) is 0 Å². The van der Waals surface area contributed by atoms with Crippen LogP contribution in [0.25, 0.3) is 0 Å². The molecule has 0 aromatic rings. The van der Waals surface area contributed by atoms with E-state index in [1.54, 1.807) is 0 Å². The average Bonchev–Trinajstić information content (AvgIpc) is 2.78. The van der Waals surface area contributed by atoms with E-state index in [4.69, 9.17) is 0 Å². The van der Waals surface area contributed by atoms with E-state index >= 15 is 0 Å². The number of thioether (sulfide) groups is 1. The van der Waals surface area contributed by atoms with Gasteiger partial charge in [-0.15, -0.1) is 0 Å². The maximum atomic E-state index is 3.55. The normalized spacial score (nSPS) is 33.2. The molecule has 1 N–H and O–H groups in total. The molecule has 2 aliphatic rings. The second-order valence-electron chi connectivity index (χ2n) is 5.67. The first-order valence-corrected chi connectivity index (χ1v) is 7.85. The predicted molar refractivity (Wildman–Crippen MR) is 73.1 cm³/mol. The molecule has 2 atom stereocenters. The molecule has 0 amide bonds. The van der Waals surface area contributed by atoms with E-state index < -0.39 is 0 Å². The van der Waals surface area contributed by atoms with Crippen LogP contribution in [0.2, 0.25) is 0 Å². The van der Waals surface area contributed by atoms with Gasteiger partial charge in [0.2, 0.25) is 0 Å². The average molecular weight is 242 g/mol. The summed E-state index contributed by atoms with van der Waals surface area (Å²) in [5, 5.41) is 3.55. The van der Waals surface area contributed by atoms with Crippen molar-refractivity contribution in [2.75, 3.05) is 37.7 Å². The summed E-state index contributed by atoms with van der Waals surface area (Å²) in [4.78, 5) is 2.74. The molecule has 2 aliphatic heterocycles. The van der Waals surface area contributed by atoms with Gasteiger partial charge in [-0.2, -0.15) is 11.8 Å². The number of nitrogens with one attached hydrogen (secondary N) is 1. The lowest BCUT2D eigenvalue weighted by Gasteiger charge is -2.35. The highest BCUT2D eigenvalue weighted by atomic mass is 32.2. The summed E-state index contributed by atoms with van der Waals surface area (Å²) in [6.07, 6.45) is 1.36. The lowest BCUT2D eigenvalue weighted by atomic mass is 9.85. The molecule has 0 radical (unpaired) electrons. The van der Waals surface area contributed by atoms with E-state index in [1.807, 2.05) is 0 Å². The minimum Gasteiger partial charge on any atom is -0.316 e. The molecule has 0 aliphatic carbocycles. The third-order valence-corrected chi connectivity index (χ3v) is 5.42. The predicted octanol–water partition coefficient (Wildman–Crippen LogP) is 2.06. The van der Waals surface area contributed by atoms with Gasteiger partial charge in [0.1, 0.15) is 0 Å². The maximum Gasteiger partial charge on any atom is 0.0197 e. The van der Waals surface area contributed by atoms with Gasteiger partial charge in [0.05, 0.1) is 0 Å². The lowest BCUT2D eigenvalue weighted by Crippen LogP contribution is -2.44. The zero-order valence-corrected chi connectivity index (χ0v) is 11.8. The van der Waals surface area contributed by atoms with Gasteiger partial charge < -0.3 is 5.32 Å². The Hall–Kier alpha value is 0.270. The van der Waals surface area contributed by atoms with Crippen LogP contribution in [0, 0.1) is 11.8 Å². The quantitative estimate of drug-likeness (QED) is 0.743.